The predicted molar refractivity (Wildman–Crippen MR) is 124 cm³/mol. The summed E-state index contributed by atoms with van der Waals surface area (Å²) in [6, 6.07) is 15.6. The van der Waals surface area contributed by atoms with E-state index in [0.29, 0.717) is 46.3 Å². The molecule has 0 aromatic heterocycles. The number of ether oxygens (including phenoxy) is 2. The second-order valence-corrected chi connectivity index (χ2v) is 8.29. The molecule has 2 N–H and O–H groups in total. The van der Waals surface area contributed by atoms with Gasteiger partial charge in [-0.15, -0.1) is 0 Å². The number of carbonyl (C=O) groups is 1. The zero-order valence-electron chi connectivity index (χ0n) is 17.4. The fraction of sp³-hybridized carbons (Fsp3) is 0.208. The molecule has 0 bridgehead atoms. The van der Waals surface area contributed by atoms with Crippen LogP contribution >= 0.6 is 34.8 Å². The lowest BCUT2D eigenvalue weighted by Crippen LogP contribution is -2.80. The van der Waals surface area contributed by atoms with Crippen LogP contribution in [0.4, 0.5) is 0 Å². The monoisotopic (exact) mass is 493 g/mol. The largest absolute Gasteiger partial charge is 0.545 e. The number of quaternary nitrogens is 1. The number of hydrogen-bond acceptors (Lipinski definition) is 4. The van der Waals surface area contributed by atoms with E-state index in [1.54, 1.807) is 36.4 Å². The van der Waals surface area contributed by atoms with Gasteiger partial charge in [-0.3, -0.25) is 0 Å². The van der Waals surface area contributed by atoms with Crippen LogP contribution in [0.15, 0.2) is 54.6 Å². The molecule has 0 fully saturated rings. The van der Waals surface area contributed by atoms with Crippen LogP contribution in [-0.2, 0) is 19.7 Å². The van der Waals surface area contributed by atoms with Gasteiger partial charge in [0.25, 0.3) is 0 Å². The van der Waals surface area contributed by atoms with Crippen LogP contribution in [0.1, 0.15) is 34.0 Å². The summed E-state index contributed by atoms with van der Waals surface area (Å²) < 4.78 is 11.7. The van der Waals surface area contributed by atoms with Crippen LogP contribution < -0.4 is 19.9 Å². The Morgan fingerprint density at radius 3 is 2.28 bits per heavy atom. The Morgan fingerprint density at radius 2 is 1.62 bits per heavy atom. The second kappa shape index (κ2) is 11.4. The van der Waals surface area contributed by atoms with Gasteiger partial charge in [-0.2, -0.15) is 0 Å². The highest BCUT2D eigenvalue weighted by Crippen LogP contribution is 2.37. The molecule has 3 aromatic rings. The lowest BCUT2D eigenvalue weighted by molar-refractivity contribution is -0.686. The number of benzene rings is 3. The van der Waals surface area contributed by atoms with Gasteiger partial charge in [0.1, 0.15) is 19.7 Å². The number of nitrogens with two attached hydrogens (primary N) is 1. The van der Waals surface area contributed by atoms with Crippen molar-refractivity contribution in [2.45, 2.75) is 26.6 Å². The molecule has 0 heterocycles. The minimum absolute atomic E-state index is 0.164. The molecule has 5 nitrogen and oxygen atoms in total. The summed E-state index contributed by atoms with van der Waals surface area (Å²) in [6.07, 6.45) is 0. The third-order valence-electron chi connectivity index (χ3n) is 4.71. The van der Waals surface area contributed by atoms with E-state index in [-0.39, 0.29) is 12.2 Å². The summed E-state index contributed by atoms with van der Waals surface area (Å²) in [5.41, 5.74) is 2.93. The van der Waals surface area contributed by atoms with E-state index >= 15 is 0 Å². The molecule has 0 aliphatic rings. The minimum Gasteiger partial charge on any atom is -0.545 e. The Hall–Kier alpha value is -2.44. The molecule has 0 atom stereocenters. The summed E-state index contributed by atoms with van der Waals surface area (Å²) >= 11 is 18.7. The number of carbonyl (C=O) groups excluding carboxylic acids is 1. The molecule has 32 heavy (non-hydrogen) atoms. The van der Waals surface area contributed by atoms with E-state index in [0.717, 1.165) is 16.7 Å². The first-order valence-electron chi connectivity index (χ1n) is 10.0. The minimum atomic E-state index is -1.18. The molecule has 0 aliphatic carbocycles. The van der Waals surface area contributed by atoms with Crippen molar-refractivity contribution in [3.05, 3.63) is 91.9 Å². The van der Waals surface area contributed by atoms with E-state index in [4.69, 9.17) is 44.3 Å². The number of rotatable bonds is 10. The molecule has 8 heteroatoms. The van der Waals surface area contributed by atoms with E-state index in [2.05, 4.69) is 5.32 Å². The SMILES string of the molecule is CCOc1cc(C[NH2+]Cc2ccc(C(=O)[O-])cc2)cc(Cl)c1OCc1ccc(Cl)cc1Cl. The quantitative estimate of drug-likeness (QED) is 0.457. The van der Waals surface area contributed by atoms with Crippen LogP contribution in [0, 0.1) is 0 Å². The molecule has 0 aliphatic heterocycles. The average Bonchev–Trinajstić information content (AvgIpc) is 2.75. The van der Waals surface area contributed by atoms with Gasteiger partial charge in [-0.1, -0.05) is 65.1 Å². The third kappa shape index (κ3) is 6.53. The molecule has 0 spiro atoms. The summed E-state index contributed by atoms with van der Waals surface area (Å²) in [6.45, 7) is 3.92. The van der Waals surface area contributed by atoms with Gasteiger partial charge in [0.05, 0.1) is 17.6 Å². The van der Waals surface area contributed by atoms with Crippen molar-refractivity contribution >= 4 is 40.8 Å². The van der Waals surface area contributed by atoms with Crippen molar-refractivity contribution in [2.24, 2.45) is 0 Å². The molecular formula is C24H22Cl3NO4. The van der Waals surface area contributed by atoms with Gasteiger partial charge < -0.3 is 24.7 Å². The molecule has 168 valence electrons. The van der Waals surface area contributed by atoms with Gasteiger partial charge in [0.15, 0.2) is 11.5 Å². The summed E-state index contributed by atoms with van der Waals surface area (Å²) in [4.78, 5) is 10.8. The fourth-order valence-electron chi connectivity index (χ4n) is 3.11. The molecule has 0 saturated heterocycles. The Balaban J connectivity index is 1.66. The number of halogens is 3. The summed E-state index contributed by atoms with van der Waals surface area (Å²) in [5, 5.41) is 14.5. The van der Waals surface area contributed by atoms with Gasteiger partial charge in [0, 0.05) is 26.7 Å². The van der Waals surface area contributed by atoms with Gasteiger partial charge in [-0.25, -0.2) is 0 Å². The number of aromatic carboxylic acids is 1. The van der Waals surface area contributed by atoms with Crippen LogP contribution in [-0.4, -0.2) is 12.6 Å². The number of hydrogen-bond donors (Lipinski definition) is 1. The topological polar surface area (TPSA) is 75.2 Å². The molecule has 0 radical (unpaired) electrons. The number of carboxylic acids is 1. The zero-order chi connectivity index (χ0) is 23.1. The van der Waals surface area contributed by atoms with E-state index in [9.17, 15) is 9.90 Å². The maximum absolute atomic E-state index is 10.8. The van der Waals surface area contributed by atoms with Crippen molar-refractivity contribution in [2.75, 3.05) is 6.61 Å². The van der Waals surface area contributed by atoms with E-state index < -0.39 is 5.97 Å². The lowest BCUT2D eigenvalue weighted by atomic mass is 10.1. The van der Waals surface area contributed by atoms with Crippen LogP contribution in [0.2, 0.25) is 15.1 Å². The van der Waals surface area contributed by atoms with Crippen molar-refractivity contribution in [1.82, 2.24) is 0 Å². The fourth-order valence-corrected chi connectivity index (χ4v) is 3.86. The highest BCUT2D eigenvalue weighted by atomic mass is 35.5. The lowest BCUT2D eigenvalue weighted by Gasteiger charge is -2.15. The van der Waals surface area contributed by atoms with Crippen LogP contribution in [0.25, 0.3) is 0 Å². The molecule has 3 rings (SSSR count). The highest BCUT2D eigenvalue weighted by Gasteiger charge is 2.15. The molecule has 3 aromatic carbocycles. The van der Waals surface area contributed by atoms with Crippen LogP contribution in [0.3, 0.4) is 0 Å². The summed E-state index contributed by atoms with van der Waals surface area (Å²) in [7, 11) is 0. The van der Waals surface area contributed by atoms with Crippen molar-refractivity contribution < 1.29 is 24.7 Å². The van der Waals surface area contributed by atoms with Gasteiger partial charge in [0.2, 0.25) is 0 Å². The maximum Gasteiger partial charge on any atom is 0.180 e. The predicted octanol–water partition coefficient (Wildman–Crippen LogP) is 4.25. The molecule has 0 saturated carbocycles. The third-order valence-corrected chi connectivity index (χ3v) is 5.57. The summed E-state index contributed by atoms with van der Waals surface area (Å²) in [5.74, 6) is -0.160. The first-order valence-corrected chi connectivity index (χ1v) is 11.1. The Labute approximate surface area is 201 Å². The Morgan fingerprint density at radius 1 is 0.906 bits per heavy atom. The van der Waals surface area contributed by atoms with Gasteiger partial charge in [-0.05, 0) is 36.8 Å². The van der Waals surface area contributed by atoms with E-state index in [1.807, 2.05) is 25.1 Å². The van der Waals surface area contributed by atoms with Gasteiger partial charge >= 0.3 is 0 Å². The average molecular weight is 495 g/mol. The van der Waals surface area contributed by atoms with Crippen molar-refractivity contribution in [1.29, 1.82) is 0 Å². The first kappa shape index (κ1) is 24.2. The Bertz CT molecular complexity index is 1090. The normalized spacial score (nSPS) is 10.8. The maximum atomic E-state index is 10.8. The number of carboxylic acid groups (broad SMARTS) is 1. The van der Waals surface area contributed by atoms with Crippen molar-refractivity contribution in [3.8, 4) is 11.5 Å². The Kier molecular flexibility index (Phi) is 8.65. The van der Waals surface area contributed by atoms with E-state index in [1.165, 1.54) is 0 Å². The molecule has 0 amide bonds. The first-order chi connectivity index (χ1) is 15.4. The molecule has 0 unspecified atom stereocenters. The standard InChI is InChI=1S/C24H22Cl3NO4/c1-2-31-22-10-16(13-28-12-15-3-5-17(6-4-15)24(29)30)9-21(27)23(22)32-14-18-7-8-19(25)11-20(18)26/h3-11,28H,2,12-14H2,1H3,(H,29,30). The second-order valence-electron chi connectivity index (χ2n) is 7.04. The zero-order valence-corrected chi connectivity index (χ0v) is 19.6. The van der Waals surface area contributed by atoms with Crippen LogP contribution in [0.5, 0.6) is 11.5 Å². The smallest absolute Gasteiger partial charge is 0.180 e. The molecular weight excluding hydrogens is 473 g/mol. The highest BCUT2D eigenvalue weighted by molar-refractivity contribution is 6.35. The van der Waals surface area contributed by atoms with Crippen molar-refractivity contribution in [3.63, 3.8) is 0 Å².